The van der Waals surface area contributed by atoms with Gasteiger partial charge in [-0.25, -0.2) is 13.8 Å². The first-order chi connectivity index (χ1) is 17.3. The van der Waals surface area contributed by atoms with Crippen LogP contribution in [-0.2, 0) is 11.3 Å². The minimum absolute atomic E-state index is 0.0447. The van der Waals surface area contributed by atoms with Crippen molar-refractivity contribution >= 4 is 17.5 Å². The van der Waals surface area contributed by atoms with Crippen LogP contribution in [0.3, 0.4) is 0 Å². The van der Waals surface area contributed by atoms with Gasteiger partial charge in [-0.05, 0) is 56.3 Å². The van der Waals surface area contributed by atoms with Crippen molar-refractivity contribution in [1.29, 1.82) is 0 Å². The zero-order valence-corrected chi connectivity index (χ0v) is 19.6. The molecule has 3 aromatic carbocycles. The van der Waals surface area contributed by atoms with E-state index in [1.807, 2.05) is 19.1 Å². The maximum absolute atomic E-state index is 13.9. The number of carbonyl (C=O) groups excluding carboxylic acids is 2. The Morgan fingerprint density at radius 1 is 1.00 bits per heavy atom. The number of aromatic nitrogens is 1. The summed E-state index contributed by atoms with van der Waals surface area (Å²) in [6.07, 6.45) is 0. The lowest BCUT2D eigenvalue weighted by Crippen LogP contribution is -2.24. The highest BCUT2D eigenvalue weighted by Crippen LogP contribution is 2.24. The maximum atomic E-state index is 13.9. The molecule has 4 rings (SSSR count). The van der Waals surface area contributed by atoms with Gasteiger partial charge in [-0.15, -0.1) is 0 Å². The van der Waals surface area contributed by atoms with E-state index in [0.717, 1.165) is 11.6 Å². The molecule has 2 N–H and O–H groups in total. The number of benzene rings is 3. The fourth-order valence-corrected chi connectivity index (χ4v) is 3.36. The van der Waals surface area contributed by atoms with Crippen LogP contribution < -0.4 is 15.4 Å². The Balaban J connectivity index is 1.38. The van der Waals surface area contributed by atoms with Crippen molar-refractivity contribution in [3.8, 4) is 17.2 Å². The van der Waals surface area contributed by atoms with Crippen LogP contribution in [0.25, 0.3) is 11.5 Å². The maximum Gasteiger partial charge on any atom is 0.262 e. The second kappa shape index (κ2) is 10.8. The third-order valence-corrected chi connectivity index (χ3v) is 5.29. The Bertz CT molecular complexity index is 1400. The van der Waals surface area contributed by atoms with Crippen LogP contribution >= 0.6 is 0 Å². The predicted molar refractivity (Wildman–Crippen MR) is 130 cm³/mol. The monoisotopic (exact) mass is 491 g/mol. The minimum atomic E-state index is -1.21. The lowest BCUT2D eigenvalue weighted by atomic mass is 10.2. The molecule has 184 valence electrons. The Labute approximate surface area is 206 Å². The van der Waals surface area contributed by atoms with Gasteiger partial charge >= 0.3 is 0 Å². The number of aryl methyl sites for hydroxylation is 2. The lowest BCUT2D eigenvalue weighted by molar-refractivity contribution is -0.118. The fraction of sp³-hybridized carbons (Fsp3) is 0.148. The van der Waals surface area contributed by atoms with Crippen LogP contribution in [0.4, 0.5) is 14.5 Å². The average molecular weight is 491 g/mol. The quantitative estimate of drug-likeness (QED) is 0.354. The normalized spacial score (nSPS) is 10.7. The first-order valence-electron chi connectivity index (χ1n) is 11.1. The molecule has 36 heavy (non-hydrogen) atoms. The molecule has 0 aliphatic carbocycles. The van der Waals surface area contributed by atoms with Crippen molar-refractivity contribution in [2.24, 2.45) is 0 Å². The smallest absolute Gasteiger partial charge is 0.262 e. The van der Waals surface area contributed by atoms with E-state index in [9.17, 15) is 18.4 Å². The summed E-state index contributed by atoms with van der Waals surface area (Å²) in [5, 5.41) is 5.28. The highest BCUT2D eigenvalue weighted by atomic mass is 19.2. The van der Waals surface area contributed by atoms with Gasteiger partial charge in [0.25, 0.3) is 11.8 Å². The number of oxazole rings is 1. The standard InChI is InChI=1S/C27H23F2N3O4/c1-16-9-11-20(12-10-16)35-15-24(33)31-19-6-3-5-18(13-19)27-32-23(17(2)36-27)14-30-26(34)21-7-4-8-22(28)25(21)29/h3-13H,14-15H2,1-2H3,(H,30,34)(H,31,33). The number of amides is 2. The molecule has 0 aliphatic heterocycles. The van der Waals surface area contributed by atoms with E-state index in [1.54, 1.807) is 43.3 Å². The van der Waals surface area contributed by atoms with Crippen LogP contribution in [0.5, 0.6) is 5.75 Å². The average Bonchev–Trinajstić information content (AvgIpc) is 3.24. The van der Waals surface area contributed by atoms with Gasteiger partial charge in [-0.2, -0.15) is 0 Å². The number of nitrogens with one attached hydrogen (secondary N) is 2. The van der Waals surface area contributed by atoms with Gasteiger partial charge in [0.1, 0.15) is 17.2 Å². The van der Waals surface area contributed by atoms with Crippen LogP contribution in [0.1, 0.15) is 27.4 Å². The number of carbonyl (C=O) groups is 2. The van der Waals surface area contributed by atoms with Gasteiger partial charge in [0, 0.05) is 11.3 Å². The highest BCUT2D eigenvalue weighted by molar-refractivity contribution is 5.94. The second-order valence-electron chi connectivity index (χ2n) is 8.04. The van der Waals surface area contributed by atoms with Gasteiger partial charge < -0.3 is 19.8 Å². The predicted octanol–water partition coefficient (Wildman–Crippen LogP) is 5.18. The number of anilines is 1. The molecule has 0 fully saturated rings. The summed E-state index contributed by atoms with van der Waals surface area (Å²) in [6.45, 7) is 3.44. The van der Waals surface area contributed by atoms with Gasteiger partial charge in [-0.3, -0.25) is 9.59 Å². The second-order valence-corrected chi connectivity index (χ2v) is 8.04. The SMILES string of the molecule is Cc1ccc(OCC(=O)Nc2cccc(-c3nc(CNC(=O)c4cccc(F)c4F)c(C)o3)c2)cc1. The Morgan fingerprint density at radius 3 is 2.53 bits per heavy atom. The number of halogens is 2. The molecular weight excluding hydrogens is 468 g/mol. The molecule has 1 aromatic heterocycles. The first kappa shape index (κ1) is 24.6. The minimum Gasteiger partial charge on any atom is -0.484 e. The fourth-order valence-electron chi connectivity index (χ4n) is 3.36. The van der Waals surface area contributed by atoms with Crippen molar-refractivity contribution in [2.45, 2.75) is 20.4 Å². The van der Waals surface area contributed by atoms with Crippen molar-refractivity contribution in [3.05, 3.63) is 101 Å². The molecule has 0 spiro atoms. The summed E-state index contributed by atoms with van der Waals surface area (Å²) in [6, 6.07) is 17.7. The molecule has 0 radical (unpaired) electrons. The topological polar surface area (TPSA) is 93.5 Å². The van der Waals surface area contributed by atoms with Crippen molar-refractivity contribution in [2.75, 3.05) is 11.9 Å². The Hall–Kier alpha value is -4.53. The summed E-state index contributed by atoms with van der Waals surface area (Å²) < 4.78 is 38.5. The summed E-state index contributed by atoms with van der Waals surface area (Å²) in [5.74, 6) is -2.09. The summed E-state index contributed by atoms with van der Waals surface area (Å²) >= 11 is 0. The number of hydrogen-bond acceptors (Lipinski definition) is 5. The summed E-state index contributed by atoms with van der Waals surface area (Å²) in [5.41, 5.74) is 2.25. The van der Waals surface area contributed by atoms with E-state index >= 15 is 0 Å². The van der Waals surface area contributed by atoms with E-state index in [4.69, 9.17) is 9.15 Å². The number of hydrogen-bond donors (Lipinski definition) is 2. The first-order valence-corrected chi connectivity index (χ1v) is 11.1. The number of rotatable bonds is 8. The van der Waals surface area contributed by atoms with E-state index in [1.165, 1.54) is 12.1 Å². The molecular formula is C27H23F2N3O4. The molecule has 4 aromatic rings. The lowest BCUT2D eigenvalue weighted by Gasteiger charge is -2.08. The zero-order chi connectivity index (χ0) is 25.7. The van der Waals surface area contributed by atoms with Crippen LogP contribution in [0.15, 0.2) is 71.1 Å². The third-order valence-electron chi connectivity index (χ3n) is 5.29. The van der Waals surface area contributed by atoms with Gasteiger partial charge in [0.15, 0.2) is 18.2 Å². The molecule has 1 heterocycles. The van der Waals surface area contributed by atoms with E-state index in [-0.39, 0.29) is 24.9 Å². The Kier molecular flexibility index (Phi) is 7.39. The highest BCUT2D eigenvalue weighted by Gasteiger charge is 2.17. The number of ether oxygens (including phenoxy) is 1. The van der Waals surface area contributed by atoms with Crippen molar-refractivity contribution < 1.29 is 27.5 Å². The Morgan fingerprint density at radius 2 is 1.75 bits per heavy atom. The van der Waals surface area contributed by atoms with Crippen molar-refractivity contribution in [1.82, 2.24) is 10.3 Å². The van der Waals surface area contributed by atoms with Gasteiger partial charge in [-0.1, -0.05) is 29.8 Å². The van der Waals surface area contributed by atoms with Gasteiger partial charge in [0.2, 0.25) is 5.89 Å². The summed E-state index contributed by atoms with van der Waals surface area (Å²) in [7, 11) is 0. The molecule has 0 aliphatic rings. The van der Waals surface area contributed by atoms with Crippen LogP contribution in [0.2, 0.25) is 0 Å². The molecule has 0 saturated carbocycles. The van der Waals surface area contributed by atoms with Crippen LogP contribution in [0, 0.1) is 25.5 Å². The summed E-state index contributed by atoms with van der Waals surface area (Å²) in [4.78, 5) is 29.0. The van der Waals surface area contributed by atoms with Gasteiger partial charge in [0.05, 0.1) is 12.1 Å². The van der Waals surface area contributed by atoms with Crippen molar-refractivity contribution in [3.63, 3.8) is 0 Å². The zero-order valence-electron chi connectivity index (χ0n) is 19.6. The molecule has 0 saturated heterocycles. The molecule has 9 heteroatoms. The molecule has 2 amide bonds. The molecule has 0 atom stereocenters. The molecule has 7 nitrogen and oxygen atoms in total. The molecule has 0 bridgehead atoms. The van der Waals surface area contributed by atoms with E-state index in [2.05, 4.69) is 15.6 Å². The third kappa shape index (κ3) is 5.93. The largest absolute Gasteiger partial charge is 0.484 e. The van der Waals surface area contributed by atoms with E-state index in [0.29, 0.717) is 28.5 Å². The van der Waals surface area contributed by atoms with E-state index < -0.39 is 23.1 Å². The number of nitrogens with zero attached hydrogens (tertiary/aromatic N) is 1. The van der Waals surface area contributed by atoms with Crippen LogP contribution in [-0.4, -0.2) is 23.4 Å². The molecule has 0 unspecified atom stereocenters.